The molecule has 1 aliphatic heterocycles. The van der Waals surface area contributed by atoms with E-state index in [-0.39, 0.29) is 12.0 Å². The van der Waals surface area contributed by atoms with E-state index < -0.39 is 0 Å². The average molecular weight is 483 g/mol. The standard InChI is InChI=1S/C27H28Cl2N2O2/c1-20-5-4-6-21(17-20)19-33-26(22-9-11-23(28)12-10-22)18-30-13-15-31(16-14-30)27(32)24-7-2-3-8-25(24)29/h2-12,17,26H,13-16,18-19H2,1H3. The Bertz CT molecular complexity index is 1080. The summed E-state index contributed by atoms with van der Waals surface area (Å²) in [7, 11) is 0. The van der Waals surface area contributed by atoms with E-state index in [9.17, 15) is 4.79 Å². The van der Waals surface area contributed by atoms with Crippen molar-refractivity contribution in [3.63, 3.8) is 0 Å². The molecule has 33 heavy (non-hydrogen) atoms. The lowest BCUT2D eigenvalue weighted by molar-refractivity contribution is 0.00341. The summed E-state index contributed by atoms with van der Waals surface area (Å²) in [6, 6.07) is 23.5. The van der Waals surface area contributed by atoms with Crippen molar-refractivity contribution in [2.45, 2.75) is 19.6 Å². The van der Waals surface area contributed by atoms with E-state index in [1.54, 1.807) is 12.1 Å². The molecule has 3 aromatic rings. The molecule has 1 fully saturated rings. The van der Waals surface area contributed by atoms with Crippen molar-refractivity contribution >= 4 is 29.1 Å². The monoisotopic (exact) mass is 482 g/mol. The van der Waals surface area contributed by atoms with E-state index in [1.807, 2.05) is 41.3 Å². The number of carbonyl (C=O) groups is 1. The molecule has 172 valence electrons. The van der Waals surface area contributed by atoms with Crippen molar-refractivity contribution in [3.05, 3.63) is 105 Å². The van der Waals surface area contributed by atoms with Crippen LogP contribution in [0.3, 0.4) is 0 Å². The maximum atomic E-state index is 12.9. The molecule has 1 atom stereocenters. The Morgan fingerprint density at radius 3 is 2.36 bits per heavy atom. The molecule has 4 nitrogen and oxygen atoms in total. The number of hydrogen-bond donors (Lipinski definition) is 0. The van der Waals surface area contributed by atoms with Crippen LogP contribution < -0.4 is 0 Å². The highest BCUT2D eigenvalue weighted by Gasteiger charge is 2.25. The first-order valence-electron chi connectivity index (χ1n) is 11.2. The third kappa shape index (κ3) is 6.36. The first-order valence-corrected chi connectivity index (χ1v) is 11.9. The number of halogens is 2. The molecule has 3 aromatic carbocycles. The summed E-state index contributed by atoms with van der Waals surface area (Å²) in [4.78, 5) is 17.1. The fraction of sp³-hybridized carbons (Fsp3) is 0.296. The fourth-order valence-corrected chi connectivity index (χ4v) is 4.45. The van der Waals surface area contributed by atoms with E-state index in [4.69, 9.17) is 27.9 Å². The highest BCUT2D eigenvalue weighted by atomic mass is 35.5. The van der Waals surface area contributed by atoms with Crippen LogP contribution in [0.1, 0.15) is 33.2 Å². The van der Waals surface area contributed by atoms with Crippen molar-refractivity contribution < 1.29 is 9.53 Å². The average Bonchev–Trinajstić information content (AvgIpc) is 2.83. The molecule has 1 amide bonds. The van der Waals surface area contributed by atoms with Gasteiger partial charge in [0.1, 0.15) is 0 Å². The van der Waals surface area contributed by atoms with Gasteiger partial charge in [0.05, 0.1) is 23.3 Å². The van der Waals surface area contributed by atoms with Gasteiger partial charge < -0.3 is 9.64 Å². The minimum atomic E-state index is -0.0893. The SMILES string of the molecule is Cc1cccc(COC(CN2CCN(C(=O)c3ccccc3Cl)CC2)c2ccc(Cl)cc2)c1. The molecule has 0 bridgehead atoms. The minimum Gasteiger partial charge on any atom is -0.368 e. The zero-order valence-corrected chi connectivity index (χ0v) is 20.2. The van der Waals surface area contributed by atoms with Gasteiger partial charge in [0.15, 0.2) is 0 Å². The van der Waals surface area contributed by atoms with Gasteiger partial charge in [-0.2, -0.15) is 0 Å². The highest BCUT2D eigenvalue weighted by Crippen LogP contribution is 2.24. The van der Waals surface area contributed by atoms with Crippen molar-refractivity contribution in [1.29, 1.82) is 0 Å². The summed E-state index contributed by atoms with van der Waals surface area (Å²) in [5.74, 6) is -0.00908. The molecule has 0 radical (unpaired) electrons. The molecule has 0 aliphatic carbocycles. The number of benzene rings is 3. The third-order valence-corrected chi connectivity index (χ3v) is 6.54. The van der Waals surface area contributed by atoms with Gasteiger partial charge in [-0.25, -0.2) is 0 Å². The lowest BCUT2D eigenvalue weighted by Crippen LogP contribution is -2.49. The number of nitrogens with zero attached hydrogens (tertiary/aromatic N) is 2. The lowest BCUT2D eigenvalue weighted by atomic mass is 10.1. The van der Waals surface area contributed by atoms with Crippen molar-refractivity contribution in [2.24, 2.45) is 0 Å². The molecular weight excluding hydrogens is 455 g/mol. The molecule has 0 saturated carbocycles. The number of amides is 1. The molecule has 0 N–H and O–H groups in total. The second-order valence-electron chi connectivity index (χ2n) is 8.41. The van der Waals surface area contributed by atoms with Crippen LogP contribution in [0, 0.1) is 6.92 Å². The molecule has 4 rings (SSSR count). The molecular formula is C27H28Cl2N2O2. The number of aryl methyl sites for hydroxylation is 1. The summed E-state index contributed by atoms with van der Waals surface area (Å²) in [5, 5.41) is 1.21. The van der Waals surface area contributed by atoms with Gasteiger partial charge in [-0.15, -0.1) is 0 Å². The van der Waals surface area contributed by atoms with E-state index in [0.29, 0.717) is 35.3 Å². The van der Waals surface area contributed by atoms with Crippen LogP contribution in [-0.4, -0.2) is 48.4 Å². The van der Waals surface area contributed by atoms with E-state index in [1.165, 1.54) is 5.56 Å². The summed E-state index contributed by atoms with van der Waals surface area (Å²) < 4.78 is 6.39. The van der Waals surface area contributed by atoms with Gasteiger partial charge in [-0.3, -0.25) is 9.69 Å². The maximum Gasteiger partial charge on any atom is 0.255 e. The number of hydrogen-bond acceptors (Lipinski definition) is 3. The number of carbonyl (C=O) groups excluding carboxylic acids is 1. The van der Waals surface area contributed by atoms with E-state index >= 15 is 0 Å². The Balaban J connectivity index is 1.39. The first kappa shape index (κ1) is 23.8. The normalized spacial score (nSPS) is 15.4. The zero-order valence-electron chi connectivity index (χ0n) is 18.7. The van der Waals surface area contributed by atoms with Crippen molar-refractivity contribution in [2.75, 3.05) is 32.7 Å². The number of rotatable bonds is 7. The molecule has 6 heteroatoms. The summed E-state index contributed by atoms with van der Waals surface area (Å²) in [6.45, 7) is 6.28. The van der Waals surface area contributed by atoms with Crippen LogP contribution >= 0.6 is 23.2 Å². The predicted octanol–water partition coefficient (Wildman–Crippen LogP) is 6.02. The first-order chi connectivity index (χ1) is 16.0. The smallest absolute Gasteiger partial charge is 0.255 e. The third-order valence-electron chi connectivity index (χ3n) is 5.96. The highest BCUT2D eigenvalue weighted by molar-refractivity contribution is 6.33. The number of ether oxygens (including phenoxy) is 1. The van der Waals surface area contributed by atoms with Crippen LogP contribution in [-0.2, 0) is 11.3 Å². The van der Waals surface area contributed by atoms with Gasteiger partial charge in [0.2, 0.25) is 0 Å². The van der Waals surface area contributed by atoms with Crippen LogP contribution in [0.2, 0.25) is 10.0 Å². The van der Waals surface area contributed by atoms with Gasteiger partial charge in [-0.05, 0) is 42.3 Å². The molecule has 1 unspecified atom stereocenters. The second-order valence-corrected chi connectivity index (χ2v) is 9.26. The molecule has 0 aromatic heterocycles. The zero-order chi connectivity index (χ0) is 23.2. The largest absolute Gasteiger partial charge is 0.368 e. The quantitative estimate of drug-likeness (QED) is 0.412. The molecule has 1 saturated heterocycles. The summed E-state index contributed by atoms with van der Waals surface area (Å²) >= 11 is 12.3. The van der Waals surface area contributed by atoms with Gasteiger partial charge >= 0.3 is 0 Å². The van der Waals surface area contributed by atoms with Crippen molar-refractivity contribution in [1.82, 2.24) is 9.80 Å². The van der Waals surface area contributed by atoms with Gasteiger partial charge in [0, 0.05) is 37.7 Å². The Kier molecular flexibility index (Phi) is 8.05. The topological polar surface area (TPSA) is 32.8 Å². The van der Waals surface area contributed by atoms with E-state index in [0.717, 1.165) is 30.8 Å². The van der Waals surface area contributed by atoms with Gasteiger partial charge in [-0.1, -0.05) is 77.3 Å². The van der Waals surface area contributed by atoms with E-state index in [2.05, 4.69) is 36.1 Å². The molecule has 1 heterocycles. The van der Waals surface area contributed by atoms with Gasteiger partial charge in [0.25, 0.3) is 5.91 Å². The van der Waals surface area contributed by atoms with Crippen LogP contribution in [0.5, 0.6) is 0 Å². The predicted molar refractivity (Wildman–Crippen MR) is 134 cm³/mol. The van der Waals surface area contributed by atoms with Crippen LogP contribution in [0.15, 0.2) is 72.8 Å². The minimum absolute atomic E-state index is 0.00908. The Hall–Kier alpha value is -2.37. The molecule has 0 spiro atoms. The maximum absolute atomic E-state index is 12.9. The Morgan fingerprint density at radius 1 is 0.939 bits per heavy atom. The summed E-state index contributed by atoms with van der Waals surface area (Å²) in [5.41, 5.74) is 4.04. The fourth-order valence-electron chi connectivity index (χ4n) is 4.10. The Morgan fingerprint density at radius 2 is 1.67 bits per heavy atom. The van der Waals surface area contributed by atoms with Crippen LogP contribution in [0.4, 0.5) is 0 Å². The van der Waals surface area contributed by atoms with Crippen LogP contribution in [0.25, 0.3) is 0 Å². The van der Waals surface area contributed by atoms with Crippen molar-refractivity contribution in [3.8, 4) is 0 Å². The summed E-state index contributed by atoms with van der Waals surface area (Å²) in [6.07, 6.45) is -0.0893. The number of piperazine rings is 1. The Labute approximate surface area is 205 Å². The second kappa shape index (κ2) is 11.2. The molecule has 1 aliphatic rings. The lowest BCUT2D eigenvalue weighted by Gasteiger charge is -2.36.